The Labute approximate surface area is 191 Å². The standard InChI is InChI=1S/C27H23F3N2O/c1-20(21-10-4-2-5-11-21)18-31-16-17-32(25-15-9-8-14-24(25)31)19-23(26(33)27(28,29)30)22-12-6-3-7-13-22/h2-15,18-19H,16-17H2,1H3/b20-18+,23-19+. The van der Waals surface area contributed by atoms with Crippen molar-refractivity contribution in [2.24, 2.45) is 0 Å². The van der Waals surface area contributed by atoms with Crippen molar-refractivity contribution < 1.29 is 18.0 Å². The van der Waals surface area contributed by atoms with Crippen molar-refractivity contribution in [2.45, 2.75) is 13.1 Å². The third-order valence-corrected chi connectivity index (χ3v) is 5.53. The highest BCUT2D eigenvalue weighted by Gasteiger charge is 2.41. The lowest BCUT2D eigenvalue weighted by Gasteiger charge is -2.36. The van der Waals surface area contributed by atoms with Crippen LogP contribution < -0.4 is 9.80 Å². The number of anilines is 2. The van der Waals surface area contributed by atoms with Gasteiger partial charge in [-0.3, -0.25) is 4.79 Å². The molecule has 1 heterocycles. The Hall–Kier alpha value is -3.80. The number of alkyl halides is 3. The Morgan fingerprint density at radius 3 is 1.70 bits per heavy atom. The molecule has 168 valence electrons. The highest BCUT2D eigenvalue weighted by Crippen LogP contribution is 2.36. The number of hydrogen-bond donors (Lipinski definition) is 0. The Morgan fingerprint density at radius 1 is 0.727 bits per heavy atom. The maximum Gasteiger partial charge on any atom is 0.454 e. The predicted octanol–water partition coefficient (Wildman–Crippen LogP) is 6.55. The molecule has 0 amide bonds. The minimum Gasteiger partial charge on any atom is -0.344 e. The molecule has 3 aromatic rings. The van der Waals surface area contributed by atoms with Crippen LogP contribution in [0.25, 0.3) is 11.1 Å². The molecular weight excluding hydrogens is 425 g/mol. The summed E-state index contributed by atoms with van der Waals surface area (Å²) in [6.45, 7) is 3.01. The lowest BCUT2D eigenvalue weighted by molar-refractivity contribution is -0.164. The topological polar surface area (TPSA) is 23.6 Å². The molecule has 0 aromatic heterocycles. The molecule has 33 heavy (non-hydrogen) atoms. The van der Waals surface area contributed by atoms with E-state index in [0.29, 0.717) is 13.1 Å². The van der Waals surface area contributed by atoms with Crippen molar-refractivity contribution >= 4 is 28.3 Å². The van der Waals surface area contributed by atoms with E-state index >= 15 is 0 Å². The average molecular weight is 448 g/mol. The molecule has 0 unspecified atom stereocenters. The largest absolute Gasteiger partial charge is 0.454 e. The number of rotatable bonds is 5. The molecule has 0 atom stereocenters. The normalized spacial score (nSPS) is 14.8. The van der Waals surface area contributed by atoms with Crippen molar-refractivity contribution in [1.29, 1.82) is 0 Å². The second-order valence-electron chi connectivity index (χ2n) is 7.79. The van der Waals surface area contributed by atoms with Crippen LogP contribution in [0.4, 0.5) is 24.5 Å². The van der Waals surface area contributed by atoms with Gasteiger partial charge in [-0.15, -0.1) is 0 Å². The maximum absolute atomic E-state index is 13.4. The van der Waals surface area contributed by atoms with Crippen molar-refractivity contribution in [2.75, 3.05) is 22.9 Å². The number of carbonyl (C=O) groups is 1. The van der Waals surface area contributed by atoms with Crippen LogP contribution in [0.1, 0.15) is 18.1 Å². The van der Waals surface area contributed by atoms with Crippen molar-refractivity contribution in [3.05, 3.63) is 108 Å². The van der Waals surface area contributed by atoms with E-state index in [9.17, 15) is 18.0 Å². The highest BCUT2D eigenvalue weighted by molar-refractivity contribution is 6.23. The summed E-state index contributed by atoms with van der Waals surface area (Å²) in [5.74, 6) is -1.85. The zero-order valence-corrected chi connectivity index (χ0v) is 18.1. The zero-order chi connectivity index (χ0) is 23.4. The van der Waals surface area contributed by atoms with Crippen LogP contribution >= 0.6 is 0 Å². The number of Topliss-reactive ketones (excluding diaryl/α,β-unsaturated/α-hetero) is 1. The van der Waals surface area contributed by atoms with Crippen LogP contribution in [0.2, 0.25) is 0 Å². The number of hydrogen-bond acceptors (Lipinski definition) is 3. The second kappa shape index (κ2) is 9.36. The van der Waals surface area contributed by atoms with Crippen LogP contribution in [-0.4, -0.2) is 25.0 Å². The Balaban J connectivity index is 1.73. The van der Waals surface area contributed by atoms with Gasteiger partial charge in [-0.05, 0) is 35.8 Å². The fourth-order valence-electron chi connectivity index (χ4n) is 3.87. The number of para-hydroxylation sites is 2. The van der Waals surface area contributed by atoms with Crippen LogP contribution in [0.15, 0.2) is 97.3 Å². The molecule has 3 nitrogen and oxygen atoms in total. The summed E-state index contributed by atoms with van der Waals surface area (Å²) in [5.41, 5.74) is 3.64. The number of ketones is 1. The summed E-state index contributed by atoms with van der Waals surface area (Å²) in [7, 11) is 0. The van der Waals surface area contributed by atoms with E-state index < -0.39 is 12.0 Å². The van der Waals surface area contributed by atoms with Gasteiger partial charge < -0.3 is 9.80 Å². The minimum absolute atomic E-state index is 0.236. The number of nitrogens with zero attached hydrogens (tertiary/aromatic N) is 2. The van der Waals surface area contributed by atoms with Gasteiger partial charge in [-0.2, -0.15) is 13.2 Å². The first-order valence-corrected chi connectivity index (χ1v) is 10.6. The van der Waals surface area contributed by atoms with Gasteiger partial charge in [0.25, 0.3) is 5.78 Å². The fourth-order valence-corrected chi connectivity index (χ4v) is 3.87. The smallest absolute Gasteiger partial charge is 0.344 e. The SMILES string of the molecule is C/C(=C\N1CCN(/C=C(/C(=O)C(F)(F)F)c2ccccc2)c2ccccc21)c1ccccc1. The summed E-state index contributed by atoms with van der Waals surface area (Å²) in [6.07, 6.45) is -1.58. The van der Waals surface area contributed by atoms with Crippen LogP contribution in [0, 0.1) is 0 Å². The van der Waals surface area contributed by atoms with E-state index in [2.05, 4.69) is 4.90 Å². The van der Waals surface area contributed by atoms with E-state index in [1.54, 1.807) is 23.1 Å². The third kappa shape index (κ3) is 5.00. The summed E-state index contributed by atoms with van der Waals surface area (Å²) >= 11 is 0. The number of carbonyl (C=O) groups excluding carboxylic acids is 1. The first-order chi connectivity index (χ1) is 15.8. The first kappa shape index (κ1) is 22.4. The van der Waals surface area contributed by atoms with Crippen LogP contribution in [-0.2, 0) is 4.79 Å². The molecule has 0 N–H and O–H groups in total. The molecule has 0 spiro atoms. The predicted molar refractivity (Wildman–Crippen MR) is 127 cm³/mol. The molecule has 0 saturated carbocycles. The molecule has 0 aliphatic carbocycles. The van der Waals surface area contributed by atoms with Gasteiger partial charge in [0, 0.05) is 25.5 Å². The van der Waals surface area contributed by atoms with E-state index in [-0.39, 0.29) is 11.1 Å². The second-order valence-corrected chi connectivity index (χ2v) is 7.79. The van der Waals surface area contributed by atoms with Crippen molar-refractivity contribution in [3.8, 4) is 0 Å². The van der Waals surface area contributed by atoms with Crippen molar-refractivity contribution in [3.63, 3.8) is 0 Å². The molecule has 0 saturated heterocycles. The Bertz CT molecular complexity index is 1180. The van der Waals surface area contributed by atoms with Crippen molar-refractivity contribution in [1.82, 2.24) is 0 Å². The van der Waals surface area contributed by atoms with Gasteiger partial charge in [0.05, 0.1) is 16.9 Å². The molecular formula is C27H23F3N2O. The maximum atomic E-state index is 13.4. The zero-order valence-electron chi connectivity index (χ0n) is 18.1. The van der Waals surface area contributed by atoms with E-state index in [0.717, 1.165) is 22.5 Å². The lowest BCUT2D eigenvalue weighted by atomic mass is 10.0. The number of benzene rings is 3. The van der Waals surface area contributed by atoms with Crippen LogP contribution in [0.5, 0.6) is 0 Å². The molecule has 0 bridgehead atoms. The fraction of sp³-hybridized carbons (Fsp3) is 0.148. The van der Waals surface area contributed by atoms with Crippen LogP contribution in [0.3, 0.4) is 0 Å². The Kier molecular flexibility index (Phi) is 6.36. The molecule has 1 aliphatic heterocycles. The minimum atomic E-state index is -4.96. The number of allylic oxidation sites excluding steroid dienone is 2. The van der Waals surface area contributed by atoms with Gasteiger partial charge in [0.2, 0.25) is 0 Å². The molecule has 4 rings (SSSR count). The average Bonchev–Trinajstić information content (AvgIpc) is 2.83. The first-order valence-electron chi connectivity index (χ1n) is 10.6. The number of fused-ring (bicyclic) bond motifs is 1. The molecule has 6 heteroatoms. The molecule has 0 fully saturated rings. The summed E-state index contributed by atoms with van der Waals surface area (Å²) in [4.78, 5) is 16.1. The lowest BCUT2D eigenvalue weighted by Crippen LogP contribution is -2.36. The summed E-state index contributed by atoms with van der Waals surface area (Å²) in [5, 5.41) is 0. The monoisotopic (exact) mass is 448 g/mol. The summed E-state index contributed by atoms with van der Waals surface area (Å²) in [6, 6.07) is 25.5. The number of halogens is 3. The van der Waals surface area contributed by atoms with Gasteiger partial charge >= 0.3 is 6.18 Å². The molecule has 3 aromatic carbocycles. The van der Waals surface area contributed by atoms with E-state index in [1.807, 2.05) is 67.7 Å². The third-order valence-electron chi connectivity index (χ3n) is 5.53. The van der Waals surface area contributed by atoms with Gasteiger partial charge in [-0.25, -0.2) is 0 Å². The Morgan fingerprint density at radius 2 is 1.18 bits per heavy atom. The van der Waals surface area contributed by atoms with Gasteiger partial charge in [-0.1, -0.05) is 72.8 Å². The van der Waals surface area contributed by atoms with E-state index in [4.69, 9.17) is 0 Å². The highest BCUT2D eigenvalue weighted by atomic mass is 19.4. The quantitative estimate of drug-likeness (QED) is 0.414. The van der Waals surface area contributed by atoms with E-state index in [1.165, 1.54) is 18.3 Å². The van der Waals surface area contributed by atoms with Gasteiger partial charge in [0.1, 0.15) is 0 Å². The molecule has 0 radical (unpaired) electrons. The summed E-state index contributed by atoms with van der Waals surface area (Å²) < 4.78 is 40.1. The van der Waals surface area contributed by atoms with Gasteiger partial charge in [0.15, 0.2) is 0 Å². The molecule has 1 aliphatic rings.